The maximum Gasteiger partial charge on any atom is 0.282 e. The van der Waals surface area contributed by atoms with Crippen molar-refractivity contribution in [2.24, 2.45) is 0 Å². The van der Waals surface area contributed by atoms with E-state index in [0.717, 1.165) is 29.7 Å². The fraction of sp³-hybridized carbons (Fsp3) is 0.389. The van der Waals surface area contributed by atoms with Crippen molar-refractivity contribution >= 4 is 32.6 Å². The number of amides is 1. The van der Waals surface area contributed by atoms with Gasteiger partial charge in [0.15, 0.2) is 10.8 Å². The van der Waals surface area contributed by atoms with Gasteiger partial charge in [0, 0.05) is 12.7 Å². The van der Waals surface area contributed by atoms with Crippen molar-refractivity contribution in [1.29, 1.82) is 0 Å². The summed E-state index contributed by atoms with van der Waals surface area (Å²) in [6.45, 7) is 2.92. The molecule has 0 radical (unpaired) electrons. The van der Waals surface area contributed by atoms with Gasteiger partial charge < -0.3 is 14.0 Å². The van der Waals surface area contributed by atoms with Crippen LogP contribution in [0.5, 0.6) is 5.75 Å². The minimum absolute atomic E-state index is 0.000792. The van der Waals surface area contributed by atoms with E-state index in [1.807, 2.05) is 18.2 Å². The highest BCUT2D eigenvalue weighted by atomic mass is 32.1. The van der Waals surface area contributed by atoms with Crippen LogP contribution in [0.15, 0.2) is 28.8 Å². The number of methoxy groups -OCH3 is 1. The Morgan fingerprint density at radius 2 is 2.35 bits per heavy atom. The molecule has 0 aliphatic carbocycles. The molecule has 1 saturated heterocycles. The number of anilines is 1. The Hall–Kier alpha value is -2.45. The monoisotopic (exact) mass is 373 g/mol. The van der Waals surface area contributed by atoms with Crippen LogP contribution in [0.1, 0.15) is 29.1 Å². The maximum atomic E-state index is 13.1. The predicted molar refractivity (Wildman–Crippen MR) is 98.1 cm³/mol. The average Bonchev–Trinajstić information content (AvgIpc) is 3.38. The lowest BCUT2D eigenvalue weighted by Crippen LogP contribution is -2.37. The molecule has 7 nitrogen and oxygen atoms in total. The molecule has 1 aromatic carbocycles. The van der Waals surface area contributed by atoms with Crippen molar-refractivity contribution in [2.75, 3.05) is 25.2 Å². The minimum Gasteiger partial charge on any atom is -0.494 e. The zero-order chi connectivity index (χ0) is 18.1. The molecule has 8 heteroatoms. The molecule has 26 heavy (non-hydrogen) atoms. The summed E-state index contributed by atoms with van der Waals surface area (Å²) in [5.41, 5.74) is 1.02. The molecule has 2 aromatic heterocycles. The highest BCUT2D eigenvalue weighted by Crippen LogP contribution is 2.35. The zero-order valence-electron chi connectivity index (χ0n) is 14.6. The van der Waals surface area contributed by atoms with Gasteiger partial charge in [-0.3, -0.25) is 9.69 Å². The van der Waals surface area contributed by atoms with Crippen LogP contribution in [-0.4, -0.2) is 42.4 Å². The lowest BCUT2D eigenvalue weighted by atomic mass is 10.2. The van der Waals surface area contributed by atoms with Crippen molar-refractivity contribution in [3.8, 4) is 5.75 Å². The summed E-state index contributed by atoms with van der Waals surface area (Å²) >= 11 is 1.45. The Morgan fingerprint density at radius 3 is 3.04 bits per heavy atom. The molecular weight excluding hydrogens is 354 g/mol. The van der Waals surface area contributed by atoms with E-state index >= 15 is 0 Å². The Balaban J connectivity index is 1.73. The molecule has 0 spiro atoms. The number of para-hydroxylation sites is 1. The fourth-order valence-corrected chi connectivity index (χ4v) is 4.03. The second-order valence-corrected chi connectivity index (χ2v) is 7.19. The van der Waals surface area contributed by atoms with Gasteiger partial charge in [-0.15, -0.1) is 0 Å². The third-order valence-corrected chi connectivity index (χ3v) is 5.37. The zero-order valence-corrected chi connectivity index (χ0v) is 15.4. The smallest absolute Gasteiger partial charge is 0.282 e. The highest BCUT2D eigenvalue weighted by molar-refractivity contribution is 7.22. The summed E-state index contributed by atoms with van der Waals surface area (Å²) in [5, 5.41) is 4.47. The van der Waals surface area contributed by atoms with Gasteiger partial charge in [0.1, 0.15) is 17.0 Å². The molecule has 3 heterocycles. The summed E-state index contributed by atoms with van der Waals surface area (Å²) in [5.74, 6) is 1.04. The normalized spacial score (nSPS) is 16.9. The summed E-state index contributed by atoms with van der Waals surface area (Å²) in [7, 11) is 1.61. The van der Waals surface area contributed by atoms with Gasteiger partial charge in [-0.05, 0) is 31.9 Å². The number of hydrogen-bond donors (Lipinski definition) is 0. The molecule has 3 aromatic rings. The summed E-state index contributed by atoms with van der Waals surface area (Å²) < 4.78 is 17.2. The standard InChI is InChI=1S/C18H19N3O4S/c1-11-9-13(20-25-11)17(22)21(10-12-5-4-8-24-12)18-19-16-14(23-2)6-3-7-15(16)26-18/h3,6-7,9,12H,4-5,8,10H2,1-2H3/t12-/m0/s1. The Morgan fingerprint density at radius 1 is 1.46 bits per heavy atom. The van der Waals surface area contributed by atoms with Crippen LogP contribution in [0.4, 0.5) is 5.13 Å². The minimum atomic E-state index is -0.240. The largest absolute Gasteiger partial charge is 0.494 e. The number of benzene rings is 1. The quantitative estimate of drug-likeness (QED) is 0.682. The van der Waals surface area contributed by atoms with Crippen LogP contribution in [0.2, 0.25) is 0 Å². The number of ether oxygens (including phenoxy) is 2. The molecule has 1 aliphatic rings. The van der Waals surface area contributed by atoms with E-state index in [9.17, 15) is 4.79 Å². The molecule has 0 bridgehead atoms. The molecule has 1 aliphatic heterocycles. The molecule has 0 saturated carbocycles. The fourth-order valence-electron chi connectivity index (χ4n) is 3.04. The molecule has 0 N–H and O–H groups in total. The van der Waals surface area contributed by atoms with Crippen molar-refractivity contribution in [2.45, 2.75) is 25.9 Å². The number of fused-ring (bicyclic) bond motifs is 1. The van der Waals surface area contributed by atoms with Gasteiger partial charge in [0.25, 0.3) is 5.91 Å². The first kappa shape index (κ1) is 17.0. The molecule has 4 rings (SSSR count). The SMILES string of the molecule is COc1cccc2sc(N(C[C@@H]3CCCO3)C(=O)c3cc(C)on3)nc12. The molecule has 1 fully saturated rings. The third kappa shape index (κ3) is 3.17. The van der Waals surface area contributed by atoms with Crippen molar-refractivity contribution in [3.05, 3.63) is 35.7 Å². The number of hydrogen-bond acceptors (Lipinski definition) is 7. The first-order chi connectivity index (χ1) is 12.7. The molecule has 136 valence electrons. The van der Waals surface area contributed by atoms with E-state index in [1.165, 1.54) is 11.3 Å². The lowest BCUT2D eigenvalue weighted by Gasteiger charge is -2.21. The molecule has 1 amide bonds. The van der Waals surface area contributed by atoms with Gasteiger partial charge in [-0.2, -0.15) is 0 Å². The second kappa shape index (κ2) is 7.05. The van der Waals surface area contributed by atoms with Gasteiger partial charge in [-0.1, -0.05) is 22.6 Å². The predicted octanol–water partition coefficient (Wildman–Crippen LogP) is 3.43. The number of aryl methyl sites for hydroxylation is 1. The van der Waals surface area contributed by atoms with Gasteiger partial charge in [-0.25, -0.2) is 4.98 Å². The lowest BCUT2D eigenvalue weighted by molar-refractivity contribution is 0.0910. The first-order valence-corrected chi connectivity index (χ1v) is 9.27. The number of carbonyl (C=O) groups is 1. The third-order valence-electron chi connectivity index (χ3n) is 4.32. The Kier molecular flexibility index (Phi) is 4.60. The van der Waals surface area contributed by atoms with E-state index < -0.39 is 0 Å². The number of rotatable bonds is 5. The van der Waals surface area contributed by atoms with E-state index in [4.69, 9.17) is 14.0 Å². The molecule has 1 atom stereocenters. The maximum absolute atomic E-state index is 13.1. The molecular formula is C18H19N3O4S. The van der Waals surface area contributed by atoms with E-state index in [2.05, 4.69) is 10.1 Å². The van der Waals surface area contributed by atoms with Crippen LogP contribution in [-0.2, 0) is 4.74 Å². The highest BCUT2D eigenvalue weighted by Gasteiger charge is 2.29. The van der Waals surface area contributed by atoms with E-state index in [-0.39, 0.29) is 17.7 Å². The van der Waals surface area contributed by atoms with E-state index in [1.54, 1.807) is 25.0 Å². The van der Waals surface area contributed by atoms with Crippen LogP contribution in [0.3, 0.4) is 0 Å². The summed E-state index contributed by atoms with van der Waals surface area (Å²) in [6.07, 6.45) is 1.93. The number of aromatic nitrogens is 2. The first-order valence-electron chi connectivity index (χ1n) is 8.46. The van der Waals surface area contributed by atoms with Crippen LogP contribution < -0.4 is 9.64 Å². The van der Waals surface area contributed by atoms with Crippen LogP contribution in [0, 0.1) is 6.92 Å². The average molecular weight is 373 g/mol. The summed E-state index contributed by atoms with van der Waals surface area (Å²) in [6, 6.07) is 7.38. The Bertz CT molecular complexity index is 930. The number of nitrogens with zero attached hydrogens (tertiary/aromatic N) is 3. The van der Waals surface area contributed by atoms with Gasteiger partial charge >= 0.3 is 0 Å². The van der Waals surface area contributed by atoms with E-state index in [0.29, 0.717) is 23.2 Å². The number of carbonyl (C=O) groups excluding carboxylic acids is 1. The number of thiazole rings is 1. The van der Waals surface area contributed by atoms with Crippen molar-refractivity contribution in [1.82, 2.24) is 10.1 Å². The second-order valence-electron chi connectivity index (χ2n) is 6.18. The van der Waals surface area contributed by atoms with Gasteiger partial charge in [0.2, 0.25) is 0 Å². The molecule has 0 unspecified atom stereocenters. The van der Waals surface area contributed by atoms with Crippen LogP contribution in [0.25, 0.3) is 10.2 Å². The van der Waals surface area contributed by atoms with Crippen molar-refractivity contribution < 1.29 is 18.8 Å². The van der Waals surface area contributed by atoms with Gasteiger partial charge in [0.05, 0.1) is 24.5 Å². The Labute approximate surface area is 154 Å². The topological polar surface area (TPSA) is 77.7 Å². The summed E-state index contributed by atoms with van der Waals surface area (Å²) in [4.78, 5) is 19.4. The van der Waals surface area contributed by atoms with Crippen LogP contribution >= 0.6 is 11.3 Å². The van der Waals surface area contributed by atoms with Crippen molar-refractivity contribution in [3.63, 3.8) is 0 Å².